The minimum absolute atomic E-state index is 0.0297. The second kappa shape index (κ2) is 7.35. The summed E-state index contributed by atoms with van der Waals surface area (Å²) in [4.78, 5) is 22.7. The number of amides is 1. The summed E-state index contributed by atoms with van der Waals surface area (Å²) in [6.07, 6.45) is 0. The van der Waals surface area contributed by atoms with Crippen molar-refractivity contribution in [2.24, 2.45) is 5.73 Å². The highest BCUT2D eigenvalue weighted by Gasteiger charge is 2.22. The van der Waals surface area contributed by atoms with Crippen molar-refractivity contribution in [1.82, 2.24) is 0 Å². The number of hydrogen-bond donors (Lipinski definition) is 1. The van der Waals surface area contributed by atoms with Crippen molar-refractivity contribution < 1.29 is 22.7 Å². The molecule has 0 fully saturated rings. The van der Waals surface area contributed by atoms with Gasteiger partial charge in [-0.1, -0.05) is 0 Å². The van der Waals surface area contributed by atoms with Gasteiger partial charge in [0.2, 0.25) is 5.91 Å². The number of nitrogens with zero attached hydrogens (tertiary/aromatic N) is 1. The summed E-state index contributed by atoms with van der Waals surface area (Å²) >= 11 is 0. The Kier molecular flexibility index (Phi) is 5.43. The van der Waals surface area contributed by atoms with E-state index in [2.05, 4.69) is 0 Å². The molecule has 0 saturated carbocycles. The molecule has 1 amide bonds. The molecule has 2 aromatic rings. The van der Waals surface area contributed by atoms with Crippen molar-refractivity contribution in [3.63, 3.8) is 0 Å². The Balaban J connectivity index is 2.27. The number of primary amides is 1. The van der Waals surface area contributed by atoms with Crippen LogP contribution in [-0.2, 0) is 14.8 Å². The third-order valence-electron chi connectivity index (χ3n) is 3.54. The molecule has 132 valence electrons. The first kappa shape index (κ1) is 18.5. The minimum Gasteiger partial charge on any atom is -0.462 e. The van der Waals surface area contributed by atoms with E-state index < -0.39 is 21.9 Å². The fraction of sp³-hybridized carbons (Fsp3) is 0.176. The van der Waals surface area contributed by atoms with Crippen LogP contribution in [0.15, 0.2) is 53.4 Å². The number of nitrogens with two attached hydrogens (primary N) is 1. The Hall–Kier alpha value is -2.87. The van der Waals surface area contributed by atoms with Gasteiger partial charge in [0, 0.05) is 12.6 Å². The lowest BCUT2D eigenvalue weighted by Gasteiger charge is -2.19. The van der Waals surface area contributed by atoms with E-state index in [0.29, 0.717) is 5.69 Å². The van der Waals surface area contributed by atoms with Crippen LogP contribution in [0.4, 0.5) is 5.69 Å². The van der Waals surface area contributed by atoms with Crippen LogP contribution in [0.5, 0.6) is 0 Å². The van der Waals surface area contributed by atoms with Crippen molar-refractivity contribution in [1.29, 1.82) is 0 Å². The zero-order valence-corrected chi connectivity index (χ0v) is 14.6. The van der Waals surface area contributed by atoms with E-state index in [1.54, 1.807) is 6.92 Å². The van der Waals surface area contributed by atoms with Crippen LogP contribution >= 0.6 is 0 Å². The molecule has 2 N–H and O–H groups in total. The third kappa shape index (κ3) is 3.97. The maximum absolute atomic E-state index is 12.7. The number of ether oxygens (including phenoxy) is 1. The van der Waals surface area contributed by atoms with Gasteiger partial charge in [-0.15, -0.1) is 0 Å². The normalized spacial score (nSPS) is 11.0. The Labute approximate surface area is 146 Å². The molecular weight excluding hydrogens is 344 g/mol. The highest BCUT2D eigenvalue weighted by molar-refractivity contribution is 7.92. The van der Waals surface area contributed by atoms with E-state index >= 15 is 0 Å². The predicted octanol–water partition coefficient (Wildman–Crippen LogP) is 1.79. The number of rotatable bonds is 6. The van der Waals surface area contributed by atoms with Gasteiger partial charge in [0.25, 0.3) is 10.0 Å². The number of carbonyl (C=O) groups is 2. The van der Waals surface area contributed by atoms with Gasteiger partial charge < -0.3 is 10.5 Å². The maximum atomic E-state index is 12.7. The van der Waals surface area contributed by atoms with Crippen LogP contribution in [0.1, 0.15) is 27.6 Å². The SMILES string of the molecule is CCOC(=O)c1ccc(S(=O)(=O)N(C)c2ccc(C(N)=O)cc2)cc1. The van der Waals surface area contributed by atoms with Gasteiger partial charge in [-0.05, 0) is 55.5 Å². The Morgan fingerprint density at radius 2 is 1.52 bits per heavy atom. The smallest absolute Gasteiger partial charge is 0.338 e. The van der Waals surface area contributed by atoms with Gasteiger partial charge in [-0.3, -0.25) is 9.10 Å². The fourth-order valence-electron chi connectivity index (χ4n) is 2.11. The molecule has 2 rings (SSSR count). The average Bonchev–Trinajstić information content (AvgIpc) is 2.61. The molecule has 2 aromatic carbocycles. The van der Waals surface area contributed by atoms with E-state index in [9.17, 15) is 18.0 Å². The van der Waals surface area contributed by atoms with Crippen LogP contribution in [0.25, 0.3) is 0 Å². The zero-order chi connectivity index (χ0) is 18.6. The van der Waals surface area contributed by atoms with Gasteiger partial charge in [-0.25, -0.2) is 13.2 Å². The van der Waals surface area contributed by atoms with E-state index in [0.717, 1.165) is 4.31 Å². The molecule has 0 saturated heterocycles. The van der Waals surface area contributed by atoms with Crippen LogP contribution in [-0.4, -0.2) is 33.9 Å². The van der Waals surface area contributed by atoms with Gasteiger partial charge in [0.1, 0.15) is 0 Å². The third-order valence-corrected chi connectivity index (χ3v) is 5.34. The van der Waals surface area contributed by atoms with Gasteiger partial charge in [0.15, 0.2) is 0 Å². The molecular formula is C17H18N2O5S. The Bertz CT molecular complexity index is 874. The minimum atomic E-state index is -3.81. The molecule has 0 aliphatic carbocycles. The van der Waals surface area contributed by atoms with E-state index in [4.69, 9.17) is 10.5 Å². The molecule has 0 heterocycles. The summed E-state index contributed by atoms with van der Waals surface area (Å²) in [5.74, 6) is -1.10. The van der Waals surface area contributed by atoms with Crippen molar-refractivity contribution >= 4 is 27.6 Å². The Morgan fingerprint density at radius 3 is 2.00 bits per heavy atom. The predicted molar refractivity (Wildman–Crippen MR) is 92.9 cm³/mol. The first-order chi connectivity index (χ1) is 11.8. The van der Waals surface area contributed by atoms with Crippen molar-refractivity contribution in [2.45, 2.75) is 11.8 Å². The molecule has 0 aliphatic heterocycles. The van der Waals surface area contributed by atoms with E-state index in [1.165, 1.54) is 55.6 Å². The van der Waals surface area contributed by atoms with Gasteiger partial charge in [-0.2, -0.15) is 0 Å². The lowest BCUT2D eigenvalue weighted by molar-refractivity contribution is 0.0526. The summed E-state index contributed by atoms with van der Waals surface area (Å²) in [5.41, 5.74) is 6.10. The standard InChI is InChI=1S/C17H18N2O5S/c1-3-24-17(21)13-6-10-15(11-7-13)25(22,23)19(2)14-8-4-12(5-9-14)16(18)20/h4-11H,3H2,1-2H3,(H2,18,20). The molecule has 0 bridgehead atoms. The molecule has 8 heteroatoms. The summed E-state index contributed by atoms with van der Waals surface area (Å²) in [7, 11) is -2.42. The molecule has 0 unspecified atom stereocenters. The zero-order valence-electron chi connectivity index (χ0n) is 13.8. The lowest BCUT2D eigenvalue weighted by Crippen LogP contribution is -2.26. The fourth-order valence-corrected chi connectivity index (χ4v) is 3.31. The number of carbonyl (C=O) groups excluding carboxylic acids is 2. The molecule has 0 aromatic heterocycles. The largest absolute Gasteiger partial charge is 0.462 e. The number of hydrogen-bond acceptors (Lipinski definition) is 5. The van der Waals surface area contributed by atoms with Crippen molar-refractivity contribution in [3.05, 3.63) is 59.7 Å². The quantitative estimate of drug-likeness (QED) is 0.789. The summed E-state index contributed by atoms with van der Waals surface area (Å²) in [6, 6.07) is 11.4. The highest BCUT2D eigenvalue weighted by Crippen LogP contribution is 2.22. The number of anilines is 1. The van der Waals surface area contributed by atoms with Crippen LogP contribution < -0.4 is 10.0 Å². The highest BCUT2D eigenvalue weighted by atomic mass is 32.2. The topological polar surface area (TPSA) is 107 Å². The molecule has 0 aliphatic rings. The van der Waals surface area contributed by atoms with E-state index in [1.807, 2.05) is 0 Å². The Morgan fingerprint density at radius 1 is 1.00 bits per heavy atom. The monoisotopic (exact) mass is 362 g/mol. The van der Waals surface area contributed by atoms with Gasteiger partial charge in [0.05, 0.1) is 22.8 Å². The first-order valence-electron chi connectivity index (χ1n) is 7.43. The molecule has 0 radical (unpaired) electrons. The second-order valence-corrected chi connectivity index (χ2v) is 7.10. The van der Waals surface area contributed by atoms with Gasteiger partial charge >= 0.3 is 5.97 Å². The molecule has 7 nitrogen and oxygen atoms in total. The maximum Gasteiger partial charge on any atom is 0.338 e. The van der Waals surface area contributed by atoms with Crippen LogP contribution in [0.2, 0.25) is 0 Å². The average molecular weight is 362 g/mol. The summed E-state index contributed by atoms with van der Waals surface area (Å²) < 4.78 is 31.3. The molecule has 0 atom stereocenters. The molecule has 25 heavy (non-hydrogen) atoms. The van der Waals surface area contributed by atoms with E-state index in [-0.39, 0.29) is 22.6 Å². The first-order valence-corrected chi connectivity index (χ1v) is 8.87. The van der Waals surface area contributed by atoms with Crippen LogP contribution in [0, 0.1) is 0 Å². The van der Waals surface area contributed by atoms with Crippen molar-refractivity contribution in [2.75, 3.05) is 18.0 Å². The van der Waals surface area contributed by atoms with Crippen molar-refractivity contribution in [3.8, 4) is 0 Å². The summed E-state index contributed by atoms with van der Waals surface area (Å²) in [5, 5.41) is 0. The number of sulfonamides is 1. The van der Waals surface area contributed by atoms with Crippen LogP contribution in [0.3, 0.4) is 0 Å². The molecule has 0 spiro atoms. The summed E-state index contributed by atoms with van der Waals surface area (Å²) in [6.45, 7) is 1.93. The lowest BCUT2D eigenvalue weighted by atomic mass is 10.2. The number of benzene rings is 2. The second-order valence-electron chi connectivity index (χ2n) is 5.13. The number of esters is 1.